The monoisotopic (exact) mass is 552 g/mol. The van der Waals surface area contributed by atoms with Gasteiger partial charge in [-0.1, -0.05) is 87.3 Å². The predicted octanol–water partition coefficient (Wildman–Crippen LogP) is 5.14. The number of esters is 1. The first-order valence-electron chi connectivity index (χ1n) is 7.97. The van der Waals surface area contributed by atoms with Crippen LogP contribution in [0.15, 0.2) is 18.2 Å². The average molecular weight is 555 g/mol. The Balaban J connectivity index is 2.38. The molecule has 0 aliphatic rings. The molecule has 0 bridgehead atoms. The highest BCUT2D eigenvalue weighted by Gasteiger charge is 2.34. The van der Waals surface area contributed by atoms with E-state index < -0.39 is 19.5 Å². The molecule has 0 atom stereocenters. The molecule has 2 rings (SSSR count). The summed E-state index contributed by atoms with van der Waals surface area (Å²) in [4.78, 5) is 35.6. The van der Waals surface area contributed by atoms with Crippen LogP contribution in [0.1, 0.15) is 28.9 Å². The van der Waals surface area contributed by atoms with Gasteiger partial charge in [0.1, 0.15) is 6.54 Å². The second kappa shape index (κ2) is 10.2. The Labute approximate surface area is 206 Å². The zero-order chi connectivity index (χ0) is 22.7. The van der Waals surface area contributed by atoms with Crippen molar-refractivity contribution < 1.29 is 14.3 Å². The molecule has 0 saturated carbocycles. The van der Waals surface area contributed by atoms with Crippen LogP contribution in [0, 0.1) is 0 Å². The van der Waals surface area contributed by atoms with E-state index in [4.69, 9.17) is 85.9 Å². The van der Waals surface area contributed by atoms with Crippen molar-refractivity contribution in [3.8, 4) is 11.4 Å². The fourth-order valence-electron chi connectivity index (χ4n) is 2.06. The second-order valence-electron chi connectivity index (χ2n) is 5.48. The lowest BCUT2D eigenvalue weighted by atomic mass is 10.1. The minimum atomic E-state index is -2.01. The van der Waals surface area contributed by atoms with Crippen LogP contribution in [-0.4, -0.2) is 40.0 Å². The van der Waals surface area contributed by atoms with Crippen molar-refractivity contribution in [2.75, 3.05) is 13.2 Å². The van der Waals surface area contributed by atoms with Crippen molar-refractivity contribution in [3.05, 3.63) is 40.4 Å². The molecule has 2 aromatic rings. The van der Waals surface area contributed by atoms with Gasteiger partial charge in [-0.15, -0.1) is 0 Å². The van der Waals surface area contributed by atoms with E-state index in [2.05, 4.69) is 20.3 Å². The van der Waals surface area contributed by atoms with Gasteiger partial charge in [-0.25, -0.2) is 15.0 Å². The van der Waals surface area contributed by atoms with E-state index in [9.17, 15) is 9.59 Å². The number of rotatable bonds is 5. The van der Waals surface area contributed by atoms with E-state index in [0.717, 1.165) is 0 Å². The summed E-state index contributed by atoms with van der Waals surface area (Å²) < 4.78 is 0.709. The van der Waals surface area contributed by atoms with Gasteiger partial charge in [0.05, 0.1) is 17.2 Å². The summed E-state index contributed by atoms with van der Waals surface area (Å²) in [6.07, 6.45) is 0. The normalized spacial score (nSPS) is 11.9. The minimum absolute atomic E-state index is 0.00645. The van der Waals surface area contributed by atoms with Crippen LogP contribution in [-0.2, 0) is 17.1 Å². The number of halogens is 7. The van der Waals surface area contributed by atoms with Gasteiger partial charge < -0.3 is 10.1 Å². The Morgan fingerprint density at radius 1 is 1.00 bits per heavy atom. The zero-order valence-corrected chi connectivity index (χ0v) is 20.1. The van der Waals surface area contributed by atoms with Gasteiger partial charge in [0.15, 0.2) is 17.5 Å². The molecule has 1 aromatic carbocycles. The number of ether oxygens (including phenoxy) is 1. The highest BCUT2D eigenvalue weighted by atomic mass is 35.6. The Morgan fingerprint density at radius 2 is 1.57 bits per heavy atom. The van der Waals surface area contributed by atoms with Crippen molar-refractivity contribution >= 4 is 93.1 Å². The van der Waals surface area contributed by atoms with Crippen LogP contribution >= 0.6 is 81.2 Å². The molecule has 1 N–H and O–H groups in total. The highest BCUT2D eigenvalue weighted by Crippen LogP contribution is 2.40. The maximum absolute atomic E-state index is 12.2. The van der Waals surface area contributed by atoms with Gasteiger partial charge in [0.25, 0.3) is 5.91 Å². The smallest absolute Gasteiger partial charge is 0.325 e. The van der Waals surface area contributed by atoms with Crippen LogP contribution in [0.25, 0.3) is 11.4 Å². The number of carbonyl (C=O) groups is 2. The fraction of sp³-hybridized carbons (Fsp3) is 0.312. The highest BCUT2D eigenvalue weighted by molar-refractivity contribution is 6.67. The van der Waals surface area contributed by atoms with Crippen LogP contribution in [0.4, 0.5) is 0 Å². The molecule has 162 valence electrons. The van der Waals surface area contributed by atoms with Crippen LogP contribution in [0.2, 0.25) is 5.02 Å². The molecule has 1 amide bonds. The van der Waals surface area contributed by atoms with Crippen molar-refractivity contribution in [2.45, 2.75) is 14.5 Å². The van der Waals surface area contributed by atoms with E-state index in [0.29, 0.717) is 5.56 Å². The molecular formula is C16H11Cl7N4O3. The van der Waals surface area contributed by atoms with E-state index in [1.54, 1.807) is 6.92 Å². The Hall–Kier alpha value is -0.800. The third-order valence-corrected chi connectivity index (χ3v) is 4.64. The molecule has 0 aliphatic carbocycles. The second-order valence-corrected chi connectivity index (χ2v) is 10.5. The van der Waals surface area contributed by atoms with Gasteiger partial charge in [-0.05, 0) is 19.1 Å². The molecule has 7 nitrogen and oxygen atoms in total. The molecule has 1 aromatic heterocycles. The third-order valence-electron chi connectivity index (χ3n) is 3.31. The first-order chi connectivity index (χ1) is 13.8. The summed E-state index contributed by atoms with van der Waals surface area (Å²) in [6, 6.07) is 4.26. The molecule has 0 fully saturated rings. The Morgan fingerprint density at radius 3 is 2.03 bits per heavy atom. The average Bonchev–Trinajstić information content (AvgIpc) is 2.64. The first kappa shape index (κ1) is 25.5. The Kier molecular flexibility index (Phi) is 8.67. The SMILES string of the molecule is CCOC(=O)CNC(=O)c1ccc(-c2nc(C(Cl)(Cl)Cl)nc(C(Cl)(Cl)Cl)n2)cc1Cl. The van der Waals surface area contributed by atoms with Crippen molar-refractivity contribution in [2.24, 2.45) is 0 Å². The van der Waals surface area contributed by atoms with Crippen LogP contribution in [0.3, 0.4) is 0 Å². The number of nitrogens with zero attached hydrogens (tertiary/aromatic N) is 3. The van der Waals surface area contributed by atoms with Gasteiger partial charge >= 0.3 is 5.97 Å². The lowest BCUT2D eigenvalue weighted by Gasteiger charge is -2.16. The summed E-state index contributed by atoms with van der Waals surface area (Å²) in [5, 5.41) is 2.44. The number of carbonyl (C=O) groups excluding carboxylic acids is 2. The quantitative estimate of drug-likeness (QED) is 0.406. The van der Waals surface area contributed by atoms with Gasteiger partial charge in [-0.2, -0.15) is 0 Å². The van der Waals surface area contributed by atoms with E-state index >= 15 is 0 Å². The molecule has 0 spiro atoms. The summed E-state index contributed by atoms with van der Waals surface area (Å²) in [5.74, 6) is -1.72. The number of aromatic nitrogens is 3. The topological polar surface area (TPSA) is 94.1 Å². The lowest BCUT2D eigenvalue weighted by molar-refractivity contribution is -0.141. The van der Waals surface area contributed by atoms with E-state index in [-0.39, 0.29) is 41.2 Å². The molecule has 1 heterocycles. The summed E-state index contributed by atoms with van der Waals surface area (Å²) in [7, 11) is 0. The molecular weight excluding hydrogens is 544 g/mol. The molecule has 0 unspecified atom stereocenters. The number of alkyl halides is 6. The minimum Gasteiger partial charge on any atom is -0.465 e. The number of benzene rings is 1. The zero-order valence-electron chi connectivity index (χ0n) is 14.9. The van der Waals surface area contributed by atoms with Crippen LogP contribution < -0.4 is 5.32 Å². The summed E-state index contributed by atoms with van der Waals surface area (Å²) >= 11 is 41.3. The lowest BCUT2D eigenvalue weighted by Crippen LogP contribution is -2.30. The van der Waals surface area contributed by atoms with Gasteiger partial charge in [0, 0.05) is 5.56 Å². The van der Waals surface area contributed by atoms with Crippen molar-refractivity contribution in [1.29, 1.82) is 0 Å². The summed E-state index contributed by atoms with van der Waals surface area (Å²) in [5.41, 5.74) is 0.428. The molecule has 14 heteroatoms. The largest absolute Gasteiger partial charge is 0.465 e. The van der Waals surface area contributed by atoms with E-state index in [1.165, 1.54) is 18.2 Å². The Bertz CT molecular complexity index is 929. The number of hydrogen-bond acceptors (Lipinski definition) is 6. The summed E-state index contributed by atoms with van der Waals surface area (Å²) in [6.45, 7) is 1.54. The molecule has 0 radical (unpaired) electrons. The number of nitrogens with one attached hydrogen (secondary N) is 1. The molecule has 30 heavy (non-hydrogen) atoms. The van der Waals surface area contributed by atoms with Gasteiger partial charge in [0.2, 0.25) is 7.59 Å². The fourth-order valence-corrected chi connectivity index (χ4v) is 2.83. The molecule has 0 aliphatic heterocycles. The maximum atomic E-state index is 12.2. The molecule has 0 saturated heterocycles. The van der Waals surface area contributed by atoms with E-state index in [1.807, 2.05) is 0 Å². The van der Waals surface area contributed by atoms with Gasteiger partial charge in [-0.3, -0.25) is 9.59 Å². The van der Waals surface area contributed by atoms with Crippen LogP contribution in [0.5, 0.6) is 0 Å². The standard InChI is InChI=1S/C16H11Cl7N4O3/c1-2-30-10(28)6-24-12(29)8-4-3-7(5-9(8)17)11-25-13(15(18,19)20)27-14(26-11)16(21,22)23/h3-5H,2,6H2,1H3,(H,24,29). The maximum Gasteiger partial charge on any atom is 0.325 e. The predicted molar refractivity (Wildman–Crippen MR) is 118 cm³/mol. The number of amides is 1. The first-order valence-corrected chi connectivity index (χ1v) is 10.6. The van der Waals surface area contributed by atoms with Crippen molar-refractivity contribution in [3.63, 3.8) is 0 Å². The number of hydrogen-bond donors (Lipinski definition) is 1. The third kappa shape index (κ3) is 6.85. The van der Waals surface area contributed by atoms with Crippen molar-refractivity contribution in [1.82, 2.24) is 20.3 Å².